The summed E-state index contributed by atoms with van der Waals surface area (Å²) in [6, 6.07) is 18.1. The summed E-state index contributed by atoms with van der Waals surface area (Å²) in [7, 11) is 0. The van der Waals surface area contributed by atoms with Gasteiger partial charge in [-0.05, 0) is 85.3 Å². The molecule has 2 aromatic heterocycles. The van der Waals surface area contributed by atoms with Gasteiger partial charge in [-0.15, -0.1) is 10.2 Å². The second-order valence-electron chi connectivity index (χ2n) is 7.77. The average Bonchev–Trinajstić information content (AvgIpc) is 3.45. The standard InChI is InChI=1S/C26H17Cl2FN4O2/c1-15-12-23-24(32-33(31-23)18-5-3-17(29)4-6-18)14-22(15)30-26(34)11-8-19-7-10-25(35-19)20-9-2-16(27)13-21(20)28/h2-14H,1H3,(H,30,34)/b11-8+. The molecule has 35 heavy (non-hydrogen) atoms. The van der Waals surface area contributed by atoms with Gasteiger partial charge in [-0.25, -0.2) is 4.39 Å². The molecule has 5 rings (SSSR count). The van der Waals surface area contributed by atoms with Crippen LogP contribution in [0.1, 0.15) is 11.3 Å². The lowest BCUT2D eigenvalue weighted by atomic mass is 10.1. The van der Waals surface area contributed by atoms with E-state index in [9.17, 15) is 9.18 Å². The number of rotatable bonds is 5. The lowest BCUT2D eigenvalue weighted by molar-refractivity contribution is -0.111. The van der Waals surface area contributed by atoms with Crippen LogP contribution in [0.5, 0.6) is 0 Å². The number of fused-ring (bicyclic) bond motifs is 1. The highest BCUT2D eigenvalue weighted by Crippen LogP contribution is 2.31. The molecule has 0 aliphatic rings. The van der Waals surface area contributed by atoms with Crippen LogP contribution in [0.15, 0.2) is 77.2 Å². The Morgan fingerprint density at radius 3 is 2.49 bits per heavy atom. The Morgan fingerprint density at radius 1 is 1.00 bits per heavy atom. The number of carbonyl (C=O) groups excluding carboxylic acids is 1. The third-order valence-electron chi connectivity index (χ3n) is 5.26. The van der Waals surface area contributed by atoms with Crippen molar-refractivity contribution < 1.29 is 13.6 Å². The Kier molecular flexibility index (Phi) is 6.11. The van der Waals surface area contributed by atoms with Crippen LogP contribution in [0.25, 0.3) is 34.1 Å². The number of anilines is 1. The van der Waals surface area contributed by atoms with Gasteiger partial charge in [0.05, 0.1) is 10.7 Å². The molecule has 0 atom stereocenters. The molecule has 9 heteroatoms. The summed E-state index contributed by atoms with van der Waals surface area (Å²) in [6.07, 6.45) is 2.95. The molecule has 0 aliphatic carbocycles. The minimum atomic E-state index is -0.334. The first-order chi connectivity index (χ1) is 16.9. The second-order valence-corrected chi connectivity index (χ2v) is 8.61. The normalized spacial score (nSPS) is 11.4. The Labute approximate surface area is 209 Å². The van der Waals surface area contributed by atoms with Gasteiger partial charge in [0.15, 0.2) is 0 Å². The summed E-state index contributed by atoms with van der Waals surface area (Å²) < 4.78 is 19.0. The molecular weight excluding hydrogens is 490 g/mol. The van der Waals surface area contributed by atoms with Gasteiger partial charge < -0.3 is 9.73 Å². The molecule has 0 spiro atoms. The highest BCUT2D eigenvalue weighted by Gasteiger charge is 2.11. The summed E-state index contributed by atoms with van der Waals surface area (Å²) in [4.78, 5) is 14.0. The predicted molar refractivity (Wildman–Crippen MR) is 135 cm³/mol. The van der Waals surface area contributed by atoms with Crippen molar-refractivity contribution in [2.45, 2.75) is 6.92 Å². The fraction of sp³-hybridized carbons (Fsp3) is 0.0385. The minimum Gasteiger partial charge on any atom is -0.457 e. The van der Waals surface area contributed by atoms with Crippen molar-refractivity contribution in [3.05, 3.63) is 100.0 Å². The number of hydrogen-bond acceptors (Lipinski definition) is 4. The van der Waals surface area contributed by atoms with Crippen molar-refractivity contribution in [1.29, 1.82) is 0 Å². The Balaban J connectivity index is 1.32. The first-order valence-electron chi connectivity index (χ1n) is 10.5. The average molecular weight is 507 g/mol. The molecule has 0 unspecified atom stereocenters. The summed E-state index contributed by atoms with van der Waals surface area (Å²) in [5.41, 5.74) is 4.01. The van der Waals surface area contributed by atoms with Crippen molar-refractivity contribution in [3.63, 3.8) is 0 Å². The van der Waals surface area contributed by atoms with Crippen LogP contribution in [0.2, 0.25) is 10.0 Å². The summed E-state index contributed by atoms with van der Waals surface area (Å²) >= 11 is 12.2. The Morgan fingerprint density at radius 2 is 1.74 bits per heavy atom. The van der Waals surface area contributed by atoms with Gasteiger partial charge in [0, 0.05) is 22.3 Å². The fourth-order valence-corrected chi connectivity index (χ4v) is 4.00. The Bertz CT molecular complexity index is 1590. The van der Waals surface area contributed by atoms with Gasteiger partial charge in [0.2, 0.25) is 5.91 Å². The SMILES string of the molecule is Cc1cc2nn(-c3ccc(F)cc3)nc2cc1NC(=O)/C=C/c1ccc(-c2ccc(Cl)cc2Cl)o1. The van der Waals surface area contributed by atoms with Crippen LogP contribution in [0.3, 0.4) is 0 Å². The maximum absolute atomic E-state index is 13.2. The van der Waals surface area contributed by atoms with Crippen LogP contribution in [-0.4, -0.2) is 20.9 Å². The molecule has 0 saturated heterocycles. The second kappa shape index (κ2) is 9.37. The fourth-order valence-electron chi connectivity index (χ4n) is 3.50. The van der Waals surface area contributed by atoms with Gasteiger partial charge in [0.1, 0.15) is 28.4 Å². The first-order valence-corrected chi connectivity index (χ1v) is 11.3. The number of amides is 1. The van der Waals surface area contributed by atoms with E-state index in [4.69, 9.17) is 27.6 Å². The molecule has 6 nitrogen and oxygen atoms in total. The van der Waals surface area contributed by atoms with Crippen LogP contribution in [-0.2, 0) is 4.79 Å². The van der Waals surface area contributed by atoms with Gasteiger partial charge >= 0.3 is 0 Å². The van der Waals surface area contributed by atoms with E-state index in [1.165, 1.54) is 23.0 Å². The molecule has 0 radical (unpaired) electrons. The molecule has 1 N–H and O–H groups in total. The lowest BCUT2D eigenvalue weighted by Crippen LogP contribution is -2.08. The van der Waals surface area contributed by atoms with E-state index in [0.29, 0.717) is 49.5 Å². The molecule has 1 amide bonds. The van der Waals surface area contributed by atoms with E-state index in [0.717, 1.165) is 5.56 Å². The van der Waals surface area contributed by atoms with Gasteiger partial charge in [-0.2, -0.15) is 4.80 Å². The number of carbonyl (C=O) groups is 1. The molecule has 174 valence electrons. The molecule has 0 fully saturated rings. The highest BCUT2D eigenvalue weighted by molar-refractivity contribution is 6.36. The number of benzene rings is 3. The zero-order valence-electron chi connectivity index (χ0n) is 18.3. The van der Waals surface area contributed by atoms with Crippen LogP contribution < -0.4 is 5.32 Å². The zero-order chi connectivity index (χ0) is 24.5. The number of furan rings is 1. The number of nitrogens with one attached hydrogen (secondary N) is 1. The minimum absolute atomic E-state index is 0.333. The zero-order valence-corrected chi connectivity index (χ0v) is 19.8. The molecular formula is C26H17Cl2FN4O2. The van der Waals surface area contributed by atoms with E-state index in [-0.39, 0.29) is 11.7 Å². The van der Waals surface area contributed by atoms with Crippen molar-refractivity contribution >= 4 is 51.9 Å². The number of nitrogens with zero attached hydrogens (tertiary/aromatic N) is 3. The van der Waals surface area contributed by atoms with Crippen molar-refractivity contribution in [1.82, 2.24) is 15.0 Å². The van der Waals surface area contributed by atoms with Gasteiger partial charge in [-0.1, -0.05) is 23.2 Å². The Hall–Kier alpha value is -3.94. The van der Waals surface area contributed by atoms with Crippen molar-refractivity contribution in [2.24, 2.45) is 0 Å². The monoisotopic (exact) mass is 506 g/mol. The number of halogens is 3. The molecule has 2 heterocycles. The third kappa shape index (κ3) is 4.96. The number of aromatic nitrogens is 3. The molecule has 0 saturated carbocycles. The van der Waals surface area contributed by atoms with Crippen molar-refractivity contribution in [3.8, 4) is 17.0 Å². The van der Waals surface area contributed by atoms with Crippen molar-refractivity contribution in [2.75, 3.05) is 5.32 Å². The van der Waals surface area contributed by atoms with Gasteiger partial charge in [0.25, 0.3) is 0 Å². The van der Waals surface area contributed by atoms with Gasteiger partial charge in [-0.3, -0.25) is 4.79 Å². The topological polar surface area (TPSA) is 73.0 Å². The summed E-state index contributed by atoms with van der Waals surface area (Å²) in [5, 5.41) is 12.7. The summed E-state index contributed by atoms with van der Waals surface area (Å²) in [6.45, 7) is 1.87. The predicted octanol–water partition coefficient (Wildman–Crippen LogP) is 7.09. The number of aryl methyl sites for hydroxylation is 1. The smallest absolute Gasteiger partial charge is 0.248 e. The summed E-state index contributed by atoms with van der Waals surface area (Å²) in [5.74, 6) is 0.396. The first kappa shape index (κ1) is 22.8. The maximum atomic E-state index is 13.2. The van der Waals surface area contributed by atoms with E-state index >= 15 is 0 Å². The van der Waals surface area contributed by atoms with E-state index in [1.54, 1.807) is 54.6 Å². The highest BCUT2D eigenvalue weighted by atomic mass is 35.5. The van der Waals surface area contributed by atoms with Crippen LogP contribution in [0.4, 0.5) is 10.1 Å². The van der Waals surface area contributed by atoms with Crippen LogP contribution in [0, 0.1) is 12.7 Å². The van der Waals surface area contributed by atoms with E-state index in [1.807, 2.05) is 13.0 Å². The molecule has 5 aromatic rings. The van der Waals surface area contributed by atoms with E-state index < -0.39 is 0 Å². The lowest BCUT2D eigenvalue weighted by Gasteiger charge is -2.05. The largest absolute Gasteiger partial charge is 0.457 e. The quantitative estimate of drug-likeness (QED) is 0.258. The van der Waals surface area contributed by atoms with Crippen LogP contribution >= 0.6 is 23.2 Å². The van der Waals surface area contributed by atoms with E-state index in [2.05, 4.69) is 15.5 Å². The molecule has 0 bridgehead atoms. The maximum Gasteiger partial charge on any atom is 0.248 e. The molecule has 0 aliphatic heterocycles. The molecule has 3 aromatic carbocycles. The third-order valence-corrected chi connectivity index (χ3v) is 5.81. The number of hydrogen-bond donors (Lipinski definition) is 1.